The van der Waals surface area contributed by atoms with Crippen molar-refractivity contribution in [3.05, 3.63) is 71.7 Å². The SMILES string of the molecule is O=S(=O)(Cc1ncc(-c2ccccc2)o1)c1ccccc1Cl. The molecule has 3 aromatic rings. The molecule has 0 atom stereocenters. The molecule has 1 heterocycles. The van der Waals surface area contributed by atoms with Gasteiger partial charge in [-0.1, -0.05) is 54.1 Å². The standard InChI is InChI=1S/C16H12ClNO3S/c17-13-8-4-5-9-15(13)22(19,20)11-16-18-10-14(21-16)12-6-2-1-3-7-12/h1-10H,11H2. The monoisotopic (exact) mass is 333 g/mol. The maximum atomic E-state index is 12.4. The van der Waals surface area contributed by atoms with E-state index in [1.54, 1.807) is 18.2 Å². The second-order valence-electron chi connectivity index (χ2n) is 4.67. The van der Waals surface area contributed by atoms with Gasteiger partial charge in [-0.15, -0.1) is 0 Å². The van der Waals surface area contributed by atoms with E-state index in [-0.39, 0.29) is 21.6 Å². The smallest absolute Gasteiger partial charge is 0.210 e. The summed E-state index contributed by atoms with van der Waals surface area (Å²) in [4.78, 5) is 4.12. The average Bonchev–Trinajstić information content (AvgIpc) is 2.96. The predicted octanol–water partition coefficient (Wildman–Crippen LogP) is 3.97. The Hall–Kier alpha value is -2.11. The van der Waals surface area contributed by atoms with Crippen LogP contribution < -0.4 is 0 Å². The zero-order chi connectivity index (χ0) is 15.6. The summed E-state index contributed by atoms with van der Waals surface area (Å²) >= 11 is 5.95. The van der Waals surface area contributed by atoms with Gasteiger partial charge >= 0.3 is 0 Å². The molecule has 0 saturated carbocycles. The maximum Gasteiger partial charge on any atom is 0.210 e. The lowest BCUT2D eigenvalue weighted by Crippen LogP contribution is -2.05. The van der Waals surface area contributed by atoms with Gasteiger partial charge in [-0.2, -0.15) is 0 Å². The zero-order valence-electron chi connectivity index (χ0n) is 11.4. The van der Waals surface area contributed by atoms with Crippen LogP contribution in [0.1, 0.15) is 5.89 Å². The molecule has 2 aromatic carbocycles. The molecule has 22 heavy (non-hydrogen) atoms. The van der Waals surface area contributed by atoms with Gasteiger partial charge in [0.2, 0.25) is 5.89 Å². The molecule has 0 saturated heterocycles. The second-order valence-corrected chi connectivity index (χ2v) is 7.04. The summed E-state index contributed by atoms with van der Waals surface area (Å²) in [7, 11) is -3.60. The molecule has 0 spiro atoms. The third-order valence-electron chi connectivity index (χ3n) is 3.10. The first kappa shape index (κ1) is 14.8. The van der Waals surface area contributed by atoms with Crippen molar-refractivity contribution in [1.82, 2.24) is 4.98 Å². The Bertz CT molecular complexity index is 889. The van der Waals surface area contributed by atoms with E-state index < -0.39 is 9.84 Å². The van der Waals surface area contributed by atoms with E-state index in [1.807, 2.05) is 30.3 Å². The Morgan fingerprint density at radius 1 is 1.00 bits per heavy atom. The number of hydrogen-bond donors (Lipinski definition) is 0. The van der Waals surface area contributed by atoms with E-state index in [9.17, 15) is 8.42 Å². The molecule has 112 valence electrons. The van der Waals surface area contributed by atoms with Crippen molar-refractivity contribution in [2.45, 2.75) is 10.6 Å². The zero-order valence-corrected chi connectivity index (χ0v) is 13.0. The Morgan fingerprint density at radius 2 is 1.68 bits per heavy atom. The molecule has 6 heteroatoms. The van der Waals surface area contributed by atoms with Gasteiger partial charge in [0.1, 0.15) is 5.75 Å². The fourth-order valence-corrected chi connectivity index (χ4v) is 3.80. The minimum Gasteiger partial charge on any atom is -0.440 e. The van der Waals surface area contributed by atoms with Crippen LogP contribution in [-0.4, -0.2) is 13.4 Å². The quantitative estimate of drug-likeness (QED) is 0.724. The highest BCUT2D eigenvalue weighted by atomic mass is 35.5. The first-order chi connectivity index (χ1) is 10.6. The third kappa shape index (κ3) is 3.05. The predicted molar refractivity (Wildman–Crippen MR) is 84.3 cm³/mol. The molecular formula is C16H12ClNO3S. The van der Waals surface area contributed by atoms with Crippen LogP contribution in [0.15, 0.2) is 70.1 Å². The summed E-state index contributed by atoms with van der Waals surface area (Å²) in [6.45, 7) is 0. The number of hydrogen-bond acceptors (Lipinski definition) is 4. The van der Waals surface area contributed by atoms with E-state index >= 15 is 0 Å². The number of aromatic nitrogens is 1. The van der Waals surface area contributed by atoms with E-state index in [1.165, 1.54) is 12.3 Å². The highest BCUT2D eigenvalue weighted by Gasteiger charge is 2.21. The largest absolute Gasteiger partial charge is 0.440 e. The van der Waals surface area contributed by atoms with Crippen molar-refractivity contribution >= 4 is 21.4 Å². The fraction of sp³-hybridized carbons (Fsp3) is 0.0625. The van der Waals surface area contributed by atoms with Crippen molar-refractivity contribution in [2.75, 3.05) is 0 Å². The molecule has 4 nitrogen and oxygen atoms in total. The maximum absolute atomic E-state index is 12.4. The summed E-state index contributed by atoms with van der Waals surface area (Å²) in [6.07, 6.45) is 1.52. The van der Waals surface area contributed by atoms with E-state index in [0.717, 1.165) is 5.56 Å². The summed E-state index contributed by atoms with van der Waals surface area (Å²) in [6, 6.07) is 15.7. The summed E-state index contributed by atoms with van der Waals surface area (Å²) in [5.41, 5.74) is 0.844. The first-order valence-electron chi connectivity index (χ1n) is 6.54. The number of oxazole rings is 1. The van der Waals surface area contributed by atoms with Gasteiger partial charge in [0.15, 0.2) is 15.6 Å². The molecule has 0 bridgehead atoms. The molecule has 3 rings (SSSR count). The van der Waals surface area contributed by atoms with Crippen LogP contribution in [0.5, 0.6) is 0 Å². The fourth-order valence-electron chi connectivity index (χ4n) is 2.05. The number of sulfone groups is 1. The normalized spacial score (nSPS) is 11.5. The van der Waals surface area contributed by atoms with E-state index in [2.05, 4.69) is 4.98 Å². The van der Waals surface area contributed by atoms with Crippen LogP contribution in [-0.2, 0) is 15.6 Å². The topological polar surface area (TPSA) is 60.2 Å². The van der Waals surface area contributed by atoms with Gasteiger partial charge in [-0.3, -0.25) is 0 Å². The lowest BCUT2D eigenvalue weighted by atomic mass is 10.2. The molecule has 0 radical (unpaired) electrons. The third-order valence-corrected chi connectivity index (χ3v) is 5.19. The second kappa shape index (κ2) is 5.94. The van der Waals surface area contributed by atoms with Gasteiger partial charge < -0.3 is 4.42 Å². The average molecular weight is 334 g/mol. The summed E-state index contributed by atoms with van der Waals surface area (Å²) < 4.78 is 30.3. The van der Waals surface area contributed by atoms with Crippen molar-refractivity contribution in [3.8, 4) is 11.3 Å². The van der Waals surface area contributed by atoms with E-state index in [4.69, 9.17) is 16.0 Å². The molecule has 0 aliphatic heterocycles. The van der Waals surface area contributed by atoms with Crippen molar-refractivity contribution < 1.29 is 12.8 Å². The minimum atomic E-state index is -3.60. The van der Waals surface area contributed by atoms with Crippen LogP contribution in [0.3, 0.4) is 0 Å². The van der Waals surface area contributed by atoms with Gasteiger partial charge in [0, 0.05) is 5.56 Å². The molecular weight excluding hydrogens is 322 g/mol. The molecule has 0 unspecified atom stereocenters. The highest BCUT2D eigenvalue weighted by molar-refractivity contribution is 7.90. The van der Waals surface area contributed by atoms with Gasteiger partial charge in [0.25, 0.3) is 0 Å². The van der Waals surface area contributed by atoms with Crippen LogP contribution in [0.2, 0.25) is 5.02 Å². The van der Waals surface area contributed by atoms with Crippen LogP contribution in [0.25, 0.3) is 11.3 Å². The summed E-state index contributed by atoms with van der Waals surface area (Å²) in [5, 5.41) is 0.192. The molecule has 0 aliphatic rings. The Balaban J connectivity index is 1.88. The van der Waals surface area contributed by atoms with Crippen LogP contribution in [0.4, 0.5) is 0 Å². The van der Waals surface area contributed by atoms with Gasteiger partial charge in [-0.05, 0) is 12.1 Å². The number of rotatable bonds is 4. The van der Waals surface area contributed by atoms with Crippen molar-refractivity contribution in [1.29, 1.82) is 0 Å². The highest BCUT2D eigenvalue weighted by Crippen LogP contribution is 2.26. The lowest BCUT2D eigenvalue weighted by Gasteiger charge is -2.03. The summed E-state index contributed by atoms with van der Waals surface area (Å²) in [5.74, 6) is 0.340. The van der Waals surface area contributed by atoms with Crippen LogP contribution >= 0.6 is 11.6 Å². The van der Waals surface area contributed by atoms with Gasteiger partial charge in [-0.25, -0.2) is 13.4 Å². The number of halogens is 1. The molecule has 0 fully saturated rings. The van der Waals surface area contributed by atoms with Gasteiger partial charge in [0.05, 0.1) is 16.1 Å². The molecule has 0 N–H and O–H groups in total. The van der Waals surface area contributed by atoms with E-state index in [0.29, 0.717) is 5.76 Å². The number of benzene rings is 2. The molecule has 1 aromatic heterocycles. The Morgan fingerprint density at radius 3 is 2.41 bits per heavy atom. The van der Waals surface area contributed by atoms with Crippen LogP contribution in [0, 0.1) is 0 Å². The Labute approximate surface area is 133 Å². The Kier molecular flexibility index (Phi) is 4.00. The molecule has 0 aliphatic carbocycles. The lowest BCUT2D eigenvalue weighted by molar-refractivity contribution is 0.519. The molecule has 0 amide bonds. The first-order valence-corrected chi connectivity index (χ1v) is 8.57. The minimum absolute atomic E-state index is 0.0797. The number of nitrogens with zero attached hydrogens (tertiary/aromatic N) is 1. The van der Waals surface area contributed by atoms with Crippen molar-refractivity contribution in [3.63, 3.8) is 0 Å². The van der Waals surface area contributed by atoms with Crippen molar-refractivity contribution in [2.24, 2.45) is 0 Å².